The molecule has 0 saturated heterocycles. The van der Waals surface area contributed by atoms with E-state index in [-0.39, 0.29) is 22.6 Å². The molecule has 3 rings (SSSR count). The van der Waals surface area contributed by atoms with Crippen LogP contribution >= 0.6 is 11.8 Å². The summed E-state index contributed by atoms with van der Waals surface area (Å²) in [6.07, 6.45) is 1.48. The Hall–Kier alpha value is -3.33. The van der Waals surface area contributed by atoms with Gasteiger partial charge in [-0.15, -0.1) is 10.2 Å². The highest BCUT2D eigenvalue weighted by Crippen LogP contribution is 2.32. The minimum absolute atomic E-state index is 0.0149. The summed E-state index contributed by atoms with van der Waals surface area (Å²) in [5.41, 5.74) is 1.41. The van der Waals surface area contributed by atoms with E-state index >= 15 is 0 Å². The highest BCUT2D eigenvalue weighted by atomic mass is 32.2. The molecule has 0 aliphatic heterocycles. The van der Waals surface area contributed by atoms with Crippen LogP contribution in [0.5, 0.6) is 11.5 Å². The van der Waals surface area contributed by atoms with Crippen molar-refractivity contribution in [1.82, 2.24) is 10.2 Å². The number of benzene rings is 2. The molecule has 1 heterocycles. The van der Waals surface area contributed by atoms with Crippen LogP contribution in [0.25, 0.3) is 6.08 Å². The zero-order chi connectivity index (χ0) is 21.5. The van der Waals surface area contributed by atoms with Crippen LogP contribution in [0, 0.1) is 12.7 Å². The fourth-order valence-electron chi connectivity index (χ4n) is 2.44. The number of hydrogen-bond acceptors (Lipinski definition) is 7. The van der Waals surface area contributed by atoms with E-state index in [1.165, 1.54) is 18.2 Å². The number of ether oxygens (including phenoxy) is 2. The molecular weight excluding hydrogens is 411 g/mol. The van der Waals surface area contributed by atoms with E-state index in [9.17, 15) is 14.3 Å². The van der Waals surface area contributed by atoms with Crippen molar-refractivity contribution in [2.75, 3.05) is 6.61 Å². The van der Waals surface area contributed by atoms with Gasteiger partial charge in [-0.2, -0.15) is 0 Å². The van der Waals surface area contributed by atoms with Crippen LogP contribution in [-0.4, -0.2) is 27.9 Å². The number of hydrogen-bond donors (Lipinski definition) is 1. The second-order valence-electron chi connectivity index (χ2n) is 6.06. The first-order valence-corrected chi connectivity index (χ1v) is 9.83. The smallest absolute Gasteiger partial charge is 0.342 e. The van der Waals surface area contributed by atoms with E-state index in [0.29, 0.717) is 29.6 Å². The number of aryl methyl sites for hydroxylation is 1. The van der Waals surface area contributed by atoms with E-state index in [1.54, 1.807) is 37.3 Å². The standard InChI is InChI=1S/C21H19FN2O5S/c1-3-27-18-10-15(11-19(20(25)26)30-21-24-23-13(2)29-21)6-9-17(18)28-12-14-4-7-16(22)8-5-14/h4-11H,3,12H2,1-2H3,(H,25,26)/b19-11-. The highest BCUT2D eigenvalue weighted by Gasteiger charge is 2.15. The second kappa shape index (κ2) is 9.93. The summed E-state index contributed by atoms with van der Waals surface area (Å²) < 4.78 is 29.7. The predicted octanol–water partition coefficient (Wildman–Crippen LogP) is 4.71. The Morgan fingerprint density at radius 3 is 2.57 bits per heavy atom. The van der Waals surface area contributed by atoms with Crippen molar-refractivity contribution in [1.29, 1.82) is 0 Å². The van der Waals surface area contributed by atoms with Crippen molar-refractivity contribution >= 4 is 23.8 Å². The molecule has 0 amide bonds. The van der Waals surface area contributed by atoms with Gasteiger partial charge in [-0.25, -0.2) is 9.18 Å². The van der Waals surface area contributed by atoms with E-state index in [1.807, 2.05) is 6.92 Å². The number of aromatic nitrogens is 2. The number of nitrogens with zero attached hydrogens (tertiary/aromatic N) is 2. The average Bonchev–Trinajstić information content (AvgIpc) is 3.13. The molecule has 2 aromatic carbocycles. The van der Waals surface area contributed by atoms with Crippen molar-refractivity contribution < 1.29 is 28.2 Å². The summed E-state index contributed by atoms with van der Waals surface area (Å²) in [4.78, 5) is 11.6. The normalized spacial score (nSPS) is 11.4. The predicted molar refractivity (Wildman–Crippen MR) is 109 cm³/mol. The number of aliphatic carboxylic acids is 1. The second-order valence-corrected chi connectivity index (χ2v) is 7.05. The molecule has 3 aromatic rings. The maximum absolute atomic E-state index is 13.0. The van der Waals surface area contributed by atoms with Gasteiger partial charge in [0.05, 0.1) is 6.61 Å². The summed E-state index contributed by atoms with van der Waals surface area (Å²) in [7, 11) is 0. The number of carboxylic acids is 1. The van der Waals surface area contributed by atoms with Gasteiger partial charge in [-0.05, 0) is 60.2 Å². The first-order chi connectivity index (χ1) is 14.4. The van der Waals surface area contributed by atoms with Gasteiger partial charge in [0.2, 0.25) is 5.89 Å². The molecule has 0 saturated carbocycles. The summed E-state index contributed by atoms with van der Waals surface area (Å²) in [5, 5.41) is 17.1. The summed E-state index contributed by atoms with van der Waals surface area (Å²) in [5.74, 6) is -0.117. The van der Waals surface area contributed by atoms with Crippen LogP contribution in [0.2, 0.25) is 0 Å². The first-order valence-electron chi connectivity index (χ1n) is 9.01. The molecule has 30 heavy (non-hydrogen) atoms. The van der Waals surface area contributed by atoms with Crippen LogP contribution in [0.1, 0.15) is 23.9 Å². The first kappa shape index (κ1) is 21.4. The SMILES string of the molecule is CCOc1cc(/C=C(\Sc2nnc(C)o2)C(=O)O)ccc1OCc1ccc(F)cc1. The van der Waals surface area contributed by atoms with Crippen LogP contribution in [0.4, 0.5) is 4.39 Å². The number of carboxylic acid groups (broad SMARTS) is 1. The fraction of sp³-hybridized carbons (Fsp3) is 0.190. The van der Waals surface area contributed by atoms with Crippen LogP contribution in [0.15, 0.2) is 57.0 Å². The Bertz CT molecular complexity index is 1050. The number of thioether (sulfide) groups is 1. The Balaban J connectivity index is 1.80. The highest BCUT2D eigenvalue weighted by molar-refractivity contribution is 8.03. The summed E-state index contributed by atoms with van der Waals surface area (Å²) in [6.45, 7) is 4.10. The van der Waals surface area contributed by atoms with E-state index in [0.717, 1.165) is 17.3 Å². The van der Waals surface area contributed by atoms with Gasteiger partial charge in [-0.1, -0.05) is 18.2 Å². The molecular formula is C21H19FN2O5S. The lowest BCUT2D eigenvalue weighted by molar-refractivity contribution is -0.131. The minimum Gasteiger partial charge on any atom is -0.490 e. The van der Waals surface area contributed by atoms with Crippen LogP contribution in [0.3, 0.4) is 0 Å². The number of halogens is 1. The monoisotopic (exact) mass is 430 g/mol. The maximum Gasteiger partial charge on any atom is 0.342 e. The van der Waals surface area contributed by atoms with Gasteiger partial charge in [-0.3, -0.25) is 0 Å². The lowest BCUT2D eigenvalue weighted by Gasteiger charge is -2.13. The molecule has 7 nitrogen and oxygen atoms in total. The number of carbonyl (C=O) groups is 1. The molecule has 156 valence electrons. The molecule has 1 aromatic heterocycles. The molecule has 1 N–H and O–H groups in total. The zero-order valence-corrected chi connectivity index (χ0v) is 17.1. The lowest BCUT2D eigenvalue weighted by atomic mass is 10.2. The van der Waals surface area contributed by atoms with Gasteiger partial charge in [0.25, 0.3) is 5.22 Å². The van der Waals surface area contributed by atoms with Gasteiger partial charge >= 0.3 is 5.97 Å². The zero-order valence-electron chi connectivity index (χ0n) is 16.3. The Kier molecular flexibility index (Phi) is 7.08. The quantitative estimate of drug-likeness (QED) is 0.385. The Labute approximate surface area is 176 Å². The minimum atomic E-state index is -1.12. The van der Waals surface area contributed by atoms with Gasteiger partial charge in [0.15, 0.2) is 11.5 Å². The Morgan fingerprint density at radius 2 is 1.93 bits per heavy atom. The van der Waals surface area contributed by atoms with Gasteiger partial charge < -0.3 is 19.0 Å². The fourth-order valence-corrected chi connectivity index (χ4v) is 3.16. The van der Waals surface area contributed by atoms with Crippen molar-refractivity contribution in [2.45, 2.75) is 25.7 Å². The number of rotatable bonds is 9. The van der Waals surface area contributed by atoms with E-state index in [4.69, 9.17) is 13.9 Å². The van der Waals surface area contributed by atoms with Gasteiger partial charge in [0.1, 0.15) is 17.3 Å². The molecule has 0 radical (unpaired) electrons. The molecule has 0 spiro atoms. The average molecular weight is 430 g/mol. The maximum atomic E-state index is 13.0. The van der Waals surface area contributed by atoms with E-state index in [2.05, 4.69) is 10.2 Å². The largest absolute Gasteiger partial charge is 0.490 e. The molecule has 0 aliphatic rings. The Morgan fingerprint density at radius 1 is 1.17 bits per heavy atom. The summed E-state index contributed by atoms with van der Waals surface area (Å²) in [6, 6.07) is 11.1. The third-order valence-electron chi connectivity index (χ3n) is 3.79. The third-order valence-corrected chi connectivity index (χ3v) is 4.64. The molecule has 0 bridgehead atoms. The summed E-state index contributed by atoms with van der Waals surface area (Å²) >= 11 is 0.863. The van der Waals surface area contributed by atoms with Crippen LogP contribution in [-0.2, 0) is 11.4 Å². The molecule has 0 atom stereocenters. The topological polar surface area (TPSA) is 94.7 Å². The van der Waals surface area contributed by atoms with Crippen molar-refractivity contribution in [2.24, 2.45) is 0 Å². The molecule has 0 fully saturated rings. The van der Waals surface area contributed by atoms with E-state index < -0.39 is 5.97 Å². The molecule has 0 aliphatic carbocycles. The van der Waals surface area contributed by atoms with Gasteiger partial charge in [0, 0.05) is 6.92 Å². The van der Waals surface area contributed by atoms with Crippen molar-refractivity contribution in [3.8, 4) is 11.5 Å². The van der Waals surface area contributed by atoms with Crippen molar-refractivity contribution in [3.05, 3.63) is 70.2 Å². The third kappa shape index (κ3) is 5.84. The lowest BCUT2D eigenvalue weighted by Crippen LogP contribution is -2.00. The molecule has 0 unspecified atom stereocenters. The van der Waals surface area contributed by atoms with Crippen molar-refractivity contribution in [3.63, 3.8) is 0 Å². The van der Waals surface area contributed by atoms with Crippen LogP contribution < -0.4 is 9.47 Å². The molecule has 9 heteroatoms.